The molecule has 2 aromatic carbocycles. The summed E-state index contributed by atoms with van der Waals surface area (Å²) in [7, 11) is 0. The second-order valence-electron chi connectivity index (χ2n) is 4.63. The second kappa shape index (κ2) is 7.09. The first-order chi connectivity index (χ1) is 10.5. The van der Waals surface area contributed by atoms with E-state index in [1.54, 1.807) is 37.3 Å². The lowest BCUT2D eigenvalue weighted by molar-refractivity contribution is -0.113. The van der Waals surface area contributed by atoms with Gasteiger partial charge in [-0.2, -0.15) is 0 Å². The molecule has 3 N–H and O–H groups in total. The Balaban J connectivity index is 1.99. The molecular formula is C16H15FN2O2S. The van der Waals surface area contributed by atoms with Crippen molar-refractivity contribution in [2.45, 2.75) is 11.8 Å². The number of benzene rings is 2. The number of amides is 2. The maximum absolute atomic E-state index is 12.8. The minimum atomic E-state index is -0.533. The zero-order valence-electron chi connectivity index (χ0n) is 11.9. The van der Waals surface area contributed by atoms with E-state index in [4.69, 9.17) is 5.73 Å². The van der Waals surface area contributed by atoms with E-state index < -0.39 is 5.91 Å². The maximum Gasteiger partial charge on any atom is 0.249 e. The van der Waals surface area contributed by atoms with Gasteiger partial charge in [0.1, 0.15) is 5.82 Å². The molecule has 0 aliphatic carbocycles. The SMILES string of the molecule is Cc1c(NC(=O)CSc2ccc(F)cc2)cccc1C(N)=O. The fraction of sp³-hybridized carbons (Fsp3) is 0.125. The van der Waals surface area contributed by atoms with Crippen LogP contribution in [0.2, 0.25) is 0 Å². The van der Waals surface area contributed by atoms with E-state index in [1.165, 1.54) is 23.9 Å². The highest BCUT2D eigenvalue weighted by Gasteiger charge is 2.11. The number of carbonyl (C=O) groups is 2. The second-order valence-corrected chi connectivity index (χ2v) is 5.68. The van der Waals surface area contributed by atoms with Gasteiger partial charge in [-0.3, -0.25) is 9.59 Å². The van der Waals surface area contributed by atoms with Gasteiger partial charge in [-0.1, -0.05) is 6.07 Å². The van der Waals surface area contributed by atoms with E-state index in [2.05, 4.69) is 5.32 Å². The topological polar surface area (TPSA) is 72.2 Å². The summed E-state index contributed by atoms with van der Waals surface area (Å²) in [5.41, 5.74) is 6.84. The van der Waals surface area contributed by atoms with Crippen molar-refractivity contribution in [3.8, 4) is 0 Å². The Kier molecular flexibility index (Phi) is 5.16. The zero-order chi connectivity index (χ0) is 16.1. The highest BCUT2D eigenvalue weighted by Crippen LogP contribution is 2.21. The number of hydrogen-bond donors (Lipinski definition) is 2. The third-order valence-corrected chi connectivity index (χ3v) is 4.07. The van der Waals surface area contributed by atoms with Crippen LogP contribution >= 0.6 is 11.8 Å². The largest absolute Gasteiger partial charge is 0.366 e. The number of primary amides is 1. The average Bonchev–Trinajstić information content (AvgIpc) is 2.48. The van der Waals surface area contributed by atoms with E-state index in [9.17, 15) is 14.0 Å². The van der Waals surface area contributed by atoms with Gasteiger partial charge in [-0.25, -0.2) is 4.39 Å². The van der Waals surface area contributed by atoms with Gasteiger partial charge in [0.25, 0.3) is 0 Å². The number of halogens is 1. The minimum Gasteiger partial charge on any atom is -0.366 e. The third-order valence-electron chi connectivity index (χ3n) is 3.06. The number of nitrogens with one attached hydrogen (secondary N) is 1. The van der Waals surface area contributed by atoms with Crippen LogP contribution in [0, 0.1) is 12.7 Å². The summed E-state index contributed by atoms with van der Waals surface area (Å²) in [6.45, 7) is 1.73. The summed E-state index contributed by atoms with van der Waals surface area (Å²) >= 11 is 1.30. The standard InChI is InChI=1S/C16H15FN2O2S/c1-10-13(16(18)21)3-2-4-14(10)19-15(20)9-22-12-7-5-11(17)6-8-12/h2-8H,9H2,1H3,(H2,18,21)(H,19,20). The Morgan fingerprint density at radius 3 is 2.50 bits per heavy atom. The van der Waals surface area contributed by atoms with Gasteiger partial charge in [0, 0.05) is 16.1 Å². The number of carbonyl (C=O) groups excluding carboxylic acids is 2. The van der Waals surface area contributed by atoms with Gasteiger partial charge in [-0.05, 0) is 48.9 Å². The van der Waals surface area contributed by atoms with Crippen LogP contribution in [0.25, 0.3) is 0 Å². The smallest absolute Gasteiger partial charge is 0.249 e. The van der Waals surface area contributed by atoms with Crippen molar-refractivity contribution in [3.63, 3.8) is 0 Å². The molecule has 0 spiro atoms. The number of rotatable bonds is 5. The molecular weight excluding hydrogens is 303 g/mol. The lowest BCUT2D eigenvalue weighted by Crippen LogP contribution is -2.17. The molecule has 0 aliphatic heterocycles. The number of nitrogens with two attached hydrogens (primary N) is 1. The molecule has 22 heavy (non-hydrogen) atoms. The van der Waals surface area contributed by atoms with Gasteiger partial charge in [0.2, 0.25) is 11.8 Å². The van der Waals surface area contributed by atoms with Gasteiger partial charge >= 0.3 is 0 Å². The molecule has 0 aromatic heterocycles. The first kappa shape index (κ1) is 16.0. The Labute approximate surface area is 131 Å². The summed E-state index contributed by atoms with van der Waals surface area (Å²) < 4.78 is 12.8. The number of hydrogen-bond acceptors (Lipinski definition) is 3. The zero-order valence-corrected chi connectivity index (χ0v) is 12.7. The molecule has 2 aromatic rings. The molecule has 0 unspecified atom stereocenters. The molecule has 114 valence electrons. The van der Waals surface area contributed by atoms with Crippen molar-refractivity contribution in [2.75, 3.05) is 11.1 Å². The van der Waals surface area contributed by atoms with E-state index in [0.717, 1.165) is 4.90 Å². The number of anilines is 1. The van der Waals surface area contributed by atoms with E-state index in [-0.39, 0.29) is 17.5 Å². The summed E-state index contributed by atoms with van der Waals surface area (Å²) in [6.07, 6.45) is 0. The highest BCUT2D eigenvalue weighted by atomic mass is 32.2. The van der Waals surface area contributed by atoms with Crippen molar-refractivity contribution in [1.29, 1.82) is 0 Å². The van der Waals surface area contributed by atoms with Crippen LogP contribution < -0.4 is 11.1 Å². The van der Waals surface area contributed by atoms with Crippen LogP contribution in [-0.4, -0.2) is 17.6 Å². The van der Waals surface area contributed by atoms with Crippen molar-refractivity contribution in [2.24, 2.45) is 5.73 Å². The molecule has 2 amide bonds. The van der Waals surface area contributed by atoms with Crippen LogP contribution in [0.4, 0.5) is 10.1 Å². The lowest BCUT2D eigenvalue weighted by atomic mass is 10.1. The third kappa shape index (κ3) is 4.08. The van der Waals surface area contributed by atoms with E-state index in [1.807, 2.05) is 0 Å². The molecule has 0 atom stereocenters. The highest BCUT2D eigenvalue weighted by molar-refractivity contribution is 8.00. The quantitative estimate of drug-likeness (QED) is 0.833. The minimum absolute atomic E-state index is 0.186. The molecule has 4 nitrogen and oxygen atoms in total. The first-order valence-electron chi connectivity index (χ1n) is 6.55. The Morgan fingerprint density at radius 2 is 1.86 bits per heavy atom. The first-order valence-corrected chi connectivity index (χ1v) is 7.53. The summed E-state index contributed by atoms with van der Waals surface area (Å²) in [5.74, 6) is -0.868. The molecule has 0 saturated heterocycles. The van der Waals surface area contributed by atoms with Crippen molar-refractivity contribution >= 4 is 29.3 Å². The van der Waals surface area contributed by atoms with Crippen LogP contribution in [0.5, 0.6) is 0 Å². The van der Waals surface area contributed by atoms with Crippen molar-refractivity contribution in [1.82, 2.24) is 0 Å². The predicted molar refractivity (Wildman–Crippen MR) is 85.5 cm³/mol. The van der Waals surface area contributed by atoms with Gasteiger partial charge in [-0.15, -0.1) is 11.8 Å². The molecule has 0 aliphatic rings. The van der Waals surface area contributed by atoms with Crippen LogP contribution in [0.1, 0.15) is 15.9 Å². The molecule has 0 radical (unpaired) electrons. The van der Waals surface area contributed by atoms with Crippen molar-refractivity contribution in [3.05, 3.63) is 59.4 Å². The van der Waals surface area contributed by atoms with Gasteiger partial charge in [0.05, 0.1) is 5.75 Å². The normalized spacial score (nSPS) is 10.3. The van der Waals surface area contributed by atoms with Crippen LogP contribution in [0.3, 0.4) is 0 Å². The number of thioether (sulfide) groups is 1. The summed E-state index contributed by atoms with van der Waals surface area (Å²) in [4.78, 5) is 24.0. The fourth-order valence-corrected chi connectivity index (χ4v) is 2.60. The van der Waals surface area contributed by atoms with Crippen molar-refractivity contribution < 1.29 is 14.0 Å². The average molecular weight is 318 g/mol. The molecule has 2 rings (SSSR count). The summed E-state index contributed by atoms with van der Waals surface area (Å²) in [5, 5.41) is 2.75. The molecule has 0 saturated carbocycles. The monoisotopic (exact) mass is 318 g/mol. The van der Waals surface area contributed by atoms with Gasteiger partial charge in [0.15, 0.2) is 0 Å². The Hall–Kier alpha value is -2.34. The van der Waals surface area contributed by atoms with Crippen LogP contribution in [0.15, 0.2) is 47.4 Å². The maximum atomic E-state index is 12.8. The molecule has 0 heterocycles. The molecule has 0 fully saturated rings. The Bertz CT molecular complexity index is 702. The fourth-order valence-electron chi connectivity index (χ4n) is 1.90. The molecule has 0 bridgehead atoms. The van der Waals surface area contributed by atoms with E-state index in [0.29, 0.717) is 16.8 Å². The van der Waals surface area contributed by atoms with Gasteiger partial charge < -0.3 is 11.1 Å². The summed E-state index contributed by atoms with van der Waals surface area (Å²) in [6, 6.07) is 10.9. The predicted octanol–water partition coefficient (Wildman–Crippen LogP) is 2.96. The Morgan fingerprint density at radius 1 is 1.18 bits per heavy atom. The molecule has 6 heteroatoms. The lowest BCUT2D eigenvalue weighted by Gasteiger charge is -2.10. The van der Waals surface area contributed by atoms with Crippen LogP contribution in [-0.2, 0) is 4.79 Å². The van der Waals surface area contributed by atoms with E-state index >= 15 is 0 Å².